The molecule has 1 saturated carbocycles. The number of Topliss-reactive ketones (excluding diaryl/α,β-unsaturated/α-hetero) is 1. The number of benzene rings is 2. The summed E-state index contributed by atoms with van der Waals surface area (Å²) in [7, 11) is -4.04. The highest BCUT2D eigenvalue weighted by Crippen LogP contribution is 2.44. The van der Waals surface area contributed by atoms with Gasteiger partial charge in [0.05, 0.1) is 21.2 Å². The second-order valence-electron chi connectivity index (χ2n) is 9.39. The summed E-state index contributed by atoms with van der Waals surface area (Å²) < 4.78 is 32.2. The zero-order chi connectivity index (χ0) is 25.0. The molecule has 0 heterocycles. The lowest BCUT2D eigenvalue weighted by molar-refractivity contribution is -0.149. The zero-order valence-electron chi connectivity index (χ0n) is 19.7. The van der Waals surface area contributed by atoms with E-state index in [-0.39, 0.29) is 36.4 Å². The summed E-state index contributed by atoms with van der Waals surface area (Å²) in [6.07, 6.45) is 1.53. The Morgan fingerprint density at radius 2 is 1.59 bits per heavy atom. The van der Waals surface area contributed by atoms with E-state index in [4.69, 9.17) is 9.57 Å². The normalized spacial score (nSPS) is 17.0. The van der Waals surface area contributed by atoms with E-state index in [1.807, 2.05) is 18.2 Å². The molecular weight excluding hydrogens is 454 g/mol. The highest BCUT2D eigenvalue weighted by molar-refractivity contribution is 7.93. The van der Waals surface area contributed by atoms with Gasteiger partial charge >= 0.3 is 0 Å². The largest absolute Gasteiger partial charge is 0.457 e. The molecule has 1 atom stereocenters. The van der Waals surface area contributed by atoms with E-state index in [1.54, 1.807) is 45.0 Å². The van der Waals surface area contributed by atoms with Gasteiger partial charge in [0, 0.05) is 12.8 Å². The number of carbonyl (C=O) groups excluding carboxylic acids is 2. The maximum absolute atomic E-state index is 14.0. The Balaban J connectivity index is 1.94. The maximum atomic E-state index is 14.0. The summed E-state index contributed by atoms with van der Waals surface area (Å²) >= 11 is 0. The molecule has 34 heavy (non-hydrogen) atoms. The van der Waals surface area contributed by atoms with Crippen molar-refractivity contribution in [3.63, 3.8) is 0 Å². The van der Waals surface area contributed by atoms with E-state index in [9.17, 15) is 18.0 Å². The Hall–Kier alpha value is -2.97. The van der Waals surface area contributed by atoms with Gasteiger partial charge in [0.1, 0.15) is 17.3 Å². The minimum atomic E-state index is -4.04. The molecule has 182 valence electrons. The monoisotopic (exact) mass is 485 g/mol. The molecule has 2 aromatic carbocycles. The summed E-state index contributed by atoms with van der Waals surface area (Å²) in [6, 6.07) is 15.2. The van der Waals surface area contributed by atoms with Crippen LogP contribution < -0.4 is 10.2 Å². The number of hydroxylamine groups is 1. The quantitative estimate of drug-likeness (QED) is 0.427. The molecule has 1 unspecified atom stereocenters. The number of hydrogen-bond donors (Lipinski definition) is 1. The van der Waals surface area contributed by atoms with Crippen LogP contribution in [-0.4, -0.2) is 30.5 Å². The average Bonchev–Trinajstić information content (AvgIpc) is 2.80. The maximum Gasteiger partial charge on any atom is 0.252 e. The first-order chi connectivity index (χ1) is 16.0. The SMILES string of the molecule is C=CC(C(=O)NOC(C)(C)C)C1(S(=O)(=O)c2ccc(Oc3ccccc3)cc2)CCC(=O)CC1. The highest BCUT2D eigenvalue weighted by atomic mass is 32.2. The first-order valence-electron chi connectivity index (χ1n) is 11.2. The molecule has 1 N–H and O–H groups in total. The van der Waals surface area contributed by atoms with Gasteiger partial charge in [-0.25, -0.2) is 13.9 Å². The molecule has 8 heteroatoms. The van der Waals surface area contributed by atoms with Crippen LogP contribution in [0, 0.1) is 5.92 Å². The van der Waals surface area contributed by atoms with Crippen LogP contribution in [0.3, 0.4) is 0 Å². The highest BCUT2D eigenvalue weighted by Gasteiger charge is 2.54. The van der Waals surface area contributed by atoms with Crippen LogP contribution in [0.5, 0.6) is 11.5 Å². The van der Waals surface area contributed by atoms with Crippen LogP contribution in [0.1, 0.15) is 46.5 Å². The van der Waals surface area contributed by atoms with Crippen LogP contribution in [0.15, 0.2) is 72.1 Å². The number of hydrogen-bond acceptors (Lipinski definition) is 6. The number of ether oxygens (including phenoxy) is 1. The Bertz CT molecular complexity index is 1120. The van der Waals surface area contributed by atoms with Crippen molar-refractivity contribution >= 4 is 21.5 Å². The van der Waals surface area contributed by atoms with Gasteiger partial charge in [-0.05, 0) is 70.0 Å². The average molecular weight is 486 g/mol. The third-order valence-electron chi connectivity index (χ3n) is 5.84. The minimum Gasteiger partial charge on any atom is -0.457 e. The minimum absolute atomic E-state index is 0.0217. The summed E-state index contributed by atoms with van der Waals surface area (Å²) in [6.45, 7) is 9.04. The van der Waals surface area contributed by atoms with E-state index < -0.39 is 32.0 Å². The smallest absolute Gasteiger partial charge is 0.252 e. The lowest BCUT2D eigenvalue weighted by Gasteiger charge is -2.40. The second kappa shape index (κ2) is 10.1. The lowest BCUT2D eigenvalue weighted by atomic mass is 9.78. The molecule has 0 aromatic heterocycles. The Labute approximate surface area is 201 Å². The van der Waals surface area contributed by atoms with Gasteiger partial charge in [0.2, 0.25) is 0 Å². The van der Waals surface area contributed by atoms with Gasteiger partial charge in [-0.15, -0.1) is 6.58 Å². The molecule has 1 aliphatic rings. The van der Waals surface area contributed by atoms with Gasteiger partial charge in [-0.1, -0.05) is 24.3 Å². The summed E-state index contributed by atoms with van der Waals surface area (Å²) in [4.78, 5) is 30.5. The molecule has 1 aliphatic carbocycles. The summed E-state index contributed by atoms with van der Waals surface area (Å²) in [5.41, 5.74) is 1.73. The molecule has 0 aliphatic heterocycles. The van der Waals surface area contributed by atoms with Gasteiger partial charge in [-0.3, -0.25) is 14.4 Å². The van der Waals surface area contributed by atoms with Crippen molar-refractivity contribution < 1.29 is 27.6 Å². The van der Waals surface area contributed by atoms with Crippen molar-refractivity contribution in [2.24, 2.45) is 5.92 Å². The summed E-state index contributed by atoms with van der Waals surface area (Å²) in [5, 5.41) is 0. The van der Waals surface area contributed by atoms with Crippen molar-refractivity contribution in [1.29, 1.82) is 0 Å². The van der Waals surface area contributed by atoms with E-state index >= 15 is 0 Å². The standard InChI is InChI=1S/C26H31NO6S/c1-5-23(24(29)27-33-25(2,3)4)26(17-15-19(28)16-18-26)34(30,31)22-13-11-21(12-14-22)32-20-9-7-6-8-10-20/h5-14,23H,1,15-18H2,2-4H3,(H,27,29). The molecule has 2 aromatic rings. The molecule has 1 amide bonds. The number of amides is 1. The third kappa shape index (κ3) is 5.56. The Morgan fingerprint density at radius 1 is 1.03 bits per heavy atom. The van der Waals surface area contributed by atoms with Crippen molar-refractivity contribution in [3.05, 3.63) is 67.3 Å². The number of ketones is 1. The first-order valence-corrected chi connectivity index (χ1v) is 12.7. The molecule has 0 spiro atoms. The van der Waals surface area contributed by atoms with Crippen molar-refractivity contribution in [1.82, 2.24) is 5.48 Å². The third-order valence-corrected chi connectivity index (χ3v) is 8.47. The zero-order valence-corrected chi connectivity index (χ0v) is 20.6. The van der Waals surface area contributed by atoms with Crippen LogP contribution in [0.2, 0.25) is 0 Å². The van der Waals surface area contributed by atoms with E-state index in [2.05, 4.69) is 12.1 Å². The van der Waals surface area contributed by atoms with Gasteiger partial charge in [-0.2, -0.15) is 0 Å². The van der Waals surface area contributed by atoms with Crippen molar-refractivity contribution in [2.45, 2.75) is 61.7 Å². The fourth-order valence-electron chi connectivity index (χ4n) is 4.07. The molecule has 3 rings (SSSR count). The van der Waals surface area contributed by atoms with Crippen molar-refractivity contribution in [2.75, 3.05) is 0 Å². The lowest BCUT2D eigenvalue weighted by Crippen LogP contribution is -2.53. The molecule has 0 radical (unpaired) electrons. The molecule has 7 nitrogen and oxygen atoms in total. The topological polar surface area (TPSA) is 98.8 Å². The van der Waals surface area contributed by atoms with Crippen LogP contribution in [-0.2, 0) is 24.3 Å². The Morgan fingerprint density at radius 3 is 2.12 bits per heavy atom. The second-order valence-corrected chi connectivity index (χ2v) is 11.7. The summed E-state index contributed by atoms with van der Waals surface area (Å²) in [5.74, 6) is -0.621. The van der Waals surface area contributed by atoms with Crippen molar-refractivity contribution in [3.8, 4) is 11.5 Å². The predicted molar refractivity (Wildman–Crippen MR) is 129 cm³/mol. The molecule has 1 fully saturated rings. The number of nitrogens with one attached hydrogen (secondary N) is 1. The Kier molecular flexibility index (Phi) is 7.63. The molecule has 0 bridgehead atoms. The number of rotatable bonds is 8. The fraction of sp³-hybridized carbons (Fsp3) is 0.385. The first kappa shape index (κ1) is 25.6. The van der Waals surface area contributed by atoms with Crippen LogP contribution in [0.25, 0.3) is 0 Å². The molecule has 0 saturated heterocycles. The van der Waals surface area contributed by atoms with Gasteiger partial charge in [0.25, 0.3) is 5.91 Å². The number of para-hydroxylation sites is 1. The van der Waals surface area contributed by atoms with E-state index in [0.717, 1.165) is 0 Å². The van der Waals surface area contributed by atoms with E-state index in [1.165, 1.54) is 18.2 Å². The van der Waals surface area contributed by atoms with Crippen LogP contribution >= 0.6 is 0 Å². The van der Waals surface area contributed by atoms with E-state index in [0.29, 0.717) is 11.5 Å². The fourth-order valence-corrected chi connectivity index (χ4v) is 6.32. The predicted octanol–water partition coefficient (Wildman–Crippen LogP) is 4.78. The molecular formula is C26H31NO6S. The number of carbonyl (C=O) groups is 2. The van der Waals surface area contributed by atoms with Crippen LogP contribution in [0.4, 0.5) is 0 Å². The number of sulfone groups is 1. The van der Waals surface area contributed by atoms with Gasteiger partial charge < -0.3 is 4.74 Å². The van der Waals surface area contributed by atoms with Gasteiger partial charge in [0.15, 0.2) is 9.84 Å².